The van der Waals surface area contributed by atoms with Crippen LogP contribution in [0.4, 0.5) is 19.3 Å². The maximum Gasteiger partial charge on any atom is 0.336 e. The molecule has 16 heavy (non-hydrogen) atoms. The van der Waals surface area contributed by atoms with Crippen LogP contribution in [0.1, 0.15) is 0 Å². The summed E-state index contributed by atoms with van der Waals surface area (Å²) in [5.74, 6) is -4.98. The van der Waals surface area contributed by atoms with Crippen LogP contribution in [0.3, 0.4) is 0 Å². The number of nitrogens with zero attached hydrogens (tertiary/aromatic N) is 1. The van der Waals surface area contributed by atoms with E-state index in [-0.39, 0.29) is 4.90 Å². The van der Waals surface area contributed by atoms with Crippen molar-refractivity contribution in [1.29, 1.82) is 0 Å². The predicted molar refractivity (Wildman–Crippen MR) is 47.4 cm³/mol. The average molecular weight is 226 g/mol. The molecule has 1 aliphatic rings. The van der Waals surface area contributed by atoms with Gasteiger partial charge in [0.15, 0.2) is 11.6 Å². The lowest BCUT2D eigenvalue weighted by Crippen LogP contribution is -2.31. The first-order chi connectivity index (χ1) is 7.52. The van der Waals surface area contributed by atoms with Crippen LogP contribution >= 0.6 is 0 Å². The van der Waals surface area contributed by atoms with Crippen molar-refractivity contribution in [2.75, 3.05) is 4.90 Å². The standard InChI is InChI=1S/C9H4F2N2O3/c10-4-2-1-3-5(6(4)11)13-8(15)7(14)12-9(13)16/h1-3H,(H,12,14,16). The van der Waals surface area contributed by atoms with Crippen molar-refractivity contribution in [2.45, 2.75) is 0 Å². The monoisotopic (exact) mass is 226 g/mol. The lowest BCUT2D eigenvalue weighted by Gasteiger charge is -2.11. The molecule has 0 radical (unpaired) electrons. The summed E-state index contributed by atoms with van der Waals surface area (Å²) < 4.78 is 26.1. The van der Waals surface area contributed by atoms with Crippen LogP contribution in [0.5, 0.6) is 0 Å². The van der Waals surface area contributed by atoms with Gasteiger partial charge in [-0.05, 0) is 12.1 Å². The summed E-state index contributed by atoms with van der Waals surface area (Å²) in [6, 6.07) is 1.88. The molecule has 82 valence electrons. The Morgan fingerprint density at radius 3 is 2.38 bits per heavy atom. The second kappa shape index (κ2) is 3.37. The quantitative estimate of drug-likeness (QED) is 0.561. The number of hydrogen-bond donors (Lipinski definition) is 1. The molecule has 0 spiro atoms. The van der Waals surface area contributed by atoms with E-state index < -0.39 is 35.2 Å². The molecular weight excluding hydrogens is 222 g/mol. The molecule has 0 saturated carbocycles. The van der Waals surface area contributed by atoms with Gasteiger partial charge in [-0.1, -0.05) is 6.07 Å². The summed E-state index contributed by atoms with van der Waals surface area (Å²) in [5.41, 5.74) is -0.589. The third-order valence-electron chi connectivity index (χ3n) is 1.99. The molecule has 2 rings (SSSR count). The molecule has 5 nitrogen and oxygen atoms in total. The van der Waals surface area contributed by atoms with Gasteiger partial charge >= 0.3 is 17.8 Å². The van der Waals surface area contributed by atoms with Crippen molar-refractivity contribution < 1.29 is 23.2 Å². The van der Waals surface area contributed by atoms with Gasteiger partial charge in [0, 0.05) is 0 Å². The molecule has 1 fully saturated rings. The molecule has 0 atom stereocenters. The van der Waals surface area contributed by atoms with E-state index in [1.54, 1.807) is 5.32 Å². The Balaban J connectivity index is 2.53. The van der Waals surface area contributed by atoms with Crippen LogP contribution in [0.2, 0.25) is 0 Å². The number of anilines is 1. The Kier molecular flexibility index (Phi) is 2.15. The number of benzene rings is 1. The fraction of sp³-hybridized carbons (Fsp3) is 0. The number of halogens is 2. The lowest BCUT2D eigenvalue weighted by molar-refractivity contribution is -0.134. The molecule has 1 aromatic rings. The summed E-state index contributed by atoms with van der Waals surface area (Å²) >= 11 is 0. The number of amides is 4. The third kappa shape index (κ3) is 1.33. The molecule has 1 saturated heterocycles. The molecule has 1 N–H and O–H groups in total. The Labute approximate surface area is 87.6 Å². The first-order valence-electron chi connectivity index (χ1n) is 4.16. The number of nitrogens with one attached hydrogen (secondary N) is 1. The minimum Gasteiger partial charge on any atom is -0.269 e. The lowest BCUT2D eigenvalue weighted by atomic mass is 10.2. The van der Waals surface area contributed by atoms with Gasteiger partial charge in [0.1, 0.15) is 0 Å². The number of rotatable bonds is 1. The van der Waals surface area contributed by atoms with Crippen molar-refractivity contribution >= 4 is 23.5 Å². The minimum atomic E-state index is -1.36. The van der Waals surface area contributed by atoms with Crippen LogP contribution in [0.15, 0.2) is 18.2 Å². The first-order valence-corrected chi connectivity index (χ1v) is 4.16. The van der Waals surface area contributed by atoms with E-state index in [4.69, 9.17) is 0 Å². The van der Waals surface area contributed by atoms with Gasteiger partial charge < -0.3 is 0 Å². The Bertz CT molecular complexity index is 515. The second-order valence-corrected chi connectivity index (χ2v) is 2.97. The molecule has 1 heterocycles. The highest BCUT2D eigenvalue weighted by atomic mass is 19.2. The highest BCUT2D eigenvalue weighted by Gasteiger charge is 2.39. The zero-order valence-corrected chi connectivity index (χ0v) is 7.66. The van der Waals surface area contributed by atoms with Gasteiger partial charge in [-0.3, -0.25) is 14.9 Å². The van der Waals surface area contributed by atoms with Gasteiger partial charge in [0.2, 0.25) is 0 Å². The summed E-state index contributed by atoms with van der Waals surface area (Å²) in [4.78, 5) is 33.4. The van der Waals surface area contributed by atoms with Crippen molar-refractivity contribution in [3.63, 3.8) is 0 Å². The topological polar surface area (TPSA) is 66.5 Å². The van der Waals surface area contributed by atoms with Gasteiger partial charge in [-0.25, -0.2) is 18.5 Å². The molecule has 4 amide bonds. The second-order valence-electron chi connectivity index (χ2n) is 2.97. The molecule has 0 unspecified atom stereocenters. The van der Waals surface area contributed by atoms with Gasteiger partial charge in [-0.15, -0.1) is 0 Å². The molecule has 7 heteroatoms. The maximum absolute atomic E-state index is 13.3. The number of carbonyl (C=O) groups excluding carboxylic acids is 3. The minimum absolute atomic E-state index is 0.251. The van der Waals surface area contributed by atoms with Crippen molar-refractivity contribution in [3.05, 3.63) is 29.8 Å². The van der Waals surface area contributed by atoms with Gasteiger partial charge in [-0.2, -0.15) is 0 Å². The van der Waals surface area contributed by atoms with E-state index in [9.17, 15) is 23.2 Å². The fourth-order valence-electron chi connectivity index (χ4n) is 1.28. The van der Waals surface area contributed by atoms with Gasteiger partial charge in [0.05, 0.1) is 5.69 Å². The highest BCUT2D eigenvalue weighted by Crippen LogP contribution is 2.23. The predicted octanol–water partition coefficient (Wildman–Crippen LogP) is 0.548. The third-order valence-corrected chi connectivity index (χ3v) is 1.99. The van der Waals surface area contributed by atoms with Gasteiger partial charge in [0.25, 0.3) is 0 Å². The van der Waals surface area contributed by atoms with E-state index in [2.05, 4.69) is 0 Å². The van der Waals surface area contributed by atoms with Crippen LogP contribution in [0.25, 0.3) is 0 Å². The van der Waals surface area contributed by atoms with E-state index in [0.29, 0.717) is 0 Å². The molecule has 1 aliphatic heterocycles. The van der Waals surface area contributed by atoms with Crippen LogP contribution in [-0.2, 0) is 9.59 Å². The highest BCUT2D eigenvalue weighted by molar-refractivity contribution is 6.53. The molecule has 0 aliphatic carbocycles. The zero-order chi connectivity index (χ0) is 11.9. The largest absolute Gasteiger partial charge is 0.336 e. The van der Waals surface area contributed by atoms with Crippen molar-refractivity contribution in [1.82, 2.24) is 5.32 Å². The molecular formula is C9H4F2N2O3. The zero-order valence-electron chi connectivity index (χ0n) is 7.66. The Morgan fingerprint density at radius 2 is 1.81 bits per heavy atom. The summed E-state index contributed by atoms with van der Waals surface area (Å²) in [7, 11) is 0. The summed E-state index contributed by atoms with van der Waals surface area (Å²) in [5, 5.41) is 1.67. The van der Waals surface area contributed by atoms with Crippen LogP contribution in [-0.4, -0.2) is 17.8 Å². The molecule has 0 bridgehead atoms. The van der Waals surface area contributed by atoms with Crippen LogP contribution < -0.4 is 10.2 Å². The summed E-state index contributed by atoms with van der Waals surface area (Å²) in [6.07, 6.45) is 0. The average Bonchev–Trinajstić information content (AvgIpc) is 2.47. The van der Waals surface area contributed by atoms with E-state index in [1.807, 2.05) is 0 Å². The van der Waals surface area contributed by atoms with E-state index in [0.717, 1.165) is 18.2 Å². The number of imide groups is 2. The number of hydrogen-bond acceptors (Lipinski definition) is 3. The number of carbonyl (C=O) groups is 3. The van der Waals surface area contributed by atoms with Crippen molar-refractivity contribution in [3.8, 4) is 0 Å². The SMILES string of the molecule is O=C1NC(=O)N(c2cccc(F)c2F)C1=O. The maximum atomic E-state index is 13.3. The van der Waals surface area contributed by atoms with Crippen LogP contribution in [0, 0.1) is 11.6 Å². The van der Waals surface area contributed by atoms with E-state index in [1.165, 1.54) is 0 Å². The summed E-state index contributed by atoms with van der Waals surface area (Å²) in [6.45, 7) is 0. The molecule has 0 aromatic heterocycles. The Morgan fingerprint density at radius 1 is 1.12 bits per heavy atom. The smallest absolute Gasteiger partial charge is 0.269 e. The number of urea groups is 1. The molecule has 1 aromatic carbocycles. The van der Waals surface area contributed by atoms with E-state index >= 15 is 0 Å². The normalized spacial score (nSPS) is 15.6. The van der Waals surface area contributed by atoms with Crippen molar-refractivity contribution in [2.24, 2.45) is 0 Å². The Hall–Kier alpha value is -2.31. The fourth-order valence-corrected chi connectivity index (χ4v) is 1.28. The first kappa shape index (κ1) is 10.2.